The minimum atomic E-state index is -0.458. The molecule has 110 valence electrons. The summed E-state index contributed by atoms with van der Waals surface area (Å²) >= 11 is 0. The van der Waals surface area contributed by atoms with Crippen molar-refractivity contribution < 1.29 is 9.59 Å². The zero-order valence-electron chi connectivity index (χ0n) is 11.4. The fourth-order valence-corrected chi connectivity index (χ4v) is 2.24. The number of nitrogens with two attached hydrogens (primary N) is 1. The molecule has 2 amide bonds. The molecule has 4 N–H and O–H groups in total. The molecule has 1 atom stereocenters. The Balaban J connectivity index is 0.00000200. The molecular weight excluding hydrogens is 278 g/mol. The predicted octanol–water partition coefficient (Wildman–Crippen LogP) is 0.823. The number of amides is 2. The third-order valence-corrected chi connectivity index (χ3v) is 3.58. The second-order valence-electron chi connectivity index (χ2n) is 5.23. The van der Waals surface area contributed by atoms with E-state index in [0.717, 1.165) is 18.5 Å². The molecule has 6 heteroatoms. The van der Waals surface area contributed by atoms with Gasteiger partial charge in [0.15, 0.2) is 0 Å². The number of carbonyl (C=O) groups is 2. The molecule has 1 aromatic rings. The van der Waals surface area contributed by atoms with E-state index in [2.05, 4.69) is 10.6 Å². The van der Waals surface area contributed by atoms with Crippen LogP contribution in [0.5, 0.6) is 0 Å². The van der Waals surface area contributed by atoms with Gasteiger partial charge in [0.1, 0.15) is 0 Å². The molecular formula is C14H20ClN3O2. The number of carbonyl (C=O) groups excluding carboxylic acids is 2. The number of benzene rings is 1. The number of hydrogen-bond donors (Lipinski definition) is 3. The summed E-state index contributed by atoms with van der Waals surface area (Å²) in [7, 11) is 0. The van der Waals surface area contributed by atoms with Crippen LogP contribution in [0.2, 0.25) is 0 Å². The molecule has 1 saturated heterocycles. The maximum absolute atomic E-state index is 12.1. The van der Waals surface area contributed by atoms with Gasteiger partial charge in [0.25, 0.3) is 0 Å². The van der Waals surface area contributed by atoms with Crippen LogP contribution in [0.1, 0.15) is 29.3 Å². The Labute approximate surface area is 124 Å². The third-order valence-electron chi connectivity index (χ3n) is 3.58. The highest BCUT2D eigenvalue weighted by Gasteiger charge is 2.35. The van der Waals surface area contributed by atoms with Gasteiger partial charge in [-0.3, -0.25) is 9.59 Å². The monoisotopic (exact) mass is 297 g/mol. The zero-order chi connectivity index (χ0) is 13.9. The van der Waals surface area contributed by atoms with Crippen molar-refractivity contribution in [3.63, 3.8) is 0 Å². The maximum atomic E-state index is 12.1. The van der Waals surface area contributed by atoms with Crippen LogP contribution in [-0.4, -0.2) is 24.9 Å². The van der Waals surface area contributed by atoms with Gasteiger partial charge < -0.3 is 16.4 Å². The first kappa shape index (κ1) is 16.5. The molecule has 0 radical (unpaired) electrons. The standard InChI is InChI=1S/C14H19N3O2.ClH/c1-14(5-6-16-9-14)13(19)17-8-10-3-2-4-11(7-10)12(15)18;/h2-4,7,16H,5-6,8-9H2,1H3,(H2,15,18)(H,17,19);1H. The Morgan fingerprint density at radius 3 is 2.80 bits per heavy atom. The molecule has 1 heterocycles. The van der Waals surface area contributed by atoms with E-state index < -0.39 is 5.91 Å². The van der Waals surface area contributed by atoms with E-state index in [1.54, 1.807) is 18.2 Å². The van der Waals surface area contributed by atoms with E-state index in [4.69, 9.17) is 5.73 Å². The van der Waals surface area contributed by atoms with E-state index in [0.29, 0.717) is 18.7 Å². The number of primary amides is 1. The van der Waals surface area contributed by atoms with Crippen molar-refractivity contribution in [1.29, 1.82) is 0 Å². The van der Waals surface area contributed by atoms with Crippen LogP contribution in [0.3, 0.4) is 0 Å². The lowest BCUT2D eigenvalue weighted by molar-refractivity contribution is -0.129. The van der Waals surface area contributed by atoms with E-state index in [1.165, 1.54) is 0 Å². The first-order valence-electron chi connectivity index (χ1n) is 6.39. The van der Waals surface area contributed by atoms with Crippen LogP contribution in [0.25, 0.3) is 0 Å². The highest BCUT2D eigenvalue weighted by molar-refractivity contribution is 5.92. The fourth-order valence-electron chi connectivity index (χ4n) is 2.24. The molecule has 1 aliphatic heterocycles. The van der Waals surface area contributed by atoms with Crippen molar-refractivity contribution in [2.75, 3.05) is 13.1 Å². The van der Waals surface area contributed by atoms with Gasteiger partial charge in [-0.15, -0.1) is 12.4 Å². The second-order valence-corrected chi connectivity index (χ2v) is 5.23. The van der Waals surface area contributed by atoms with E-state index in [9.17, 15) is 9.59 Å². The first-order valence-corrected chi connectivity index (χ1v) is 6.39. The van der Waals surface area contributed by atoms with Crippen molar-refractivity contribution in [1.82, 2.24) is 10.6 Å². The van der Waals surface area contributed by atoms with E-state index in [1.807, 2.05) is 13.0 Å². The summed E-state index contributed by atoms with van der Waals surface area (Å²) in [6.45, 7) is 3.96. The zero-order valence-corrected chi connectivity index (χ0v) is 12.3. The van der Waals surface area contributed by atoms with Gasteiger partial charge in [-0.2, -0.15) is 0 Å². The van der Waals surface area contributed by atoms with Crippen molar-refractivity contribution in [3.05, 3.63) is 35.4 Å². The number of hydrogen-bond acceptors (Lipinski definition) is 3. The van der Waals surface area contributed by atoms with Gasteiger partial charge in [0.05, 0.1) is 5.41 Å². The van der Waals surface area contributed by atoms with Crippen LogP contribution in [0.4, 0.5) is 0 Å². The molecule has 0 aliphatic carbocycles. The lowest BCUT2D eigenvalue weighted by Gasteiger charge is -2.21. The number of nitrogens with one attached hydrogen (secondary N) is 2. The van der Waals surface area contributed by atoms with Gasteiger partial charge in [0, 0.05) is 18.7 Å². The molecule has 0 aromatic heterocycles. The van der Waals surface area contributed by atoms with Crippen LogP contribution in [-0.2, 0) is 11.3 Å². The lowest BCUT2D eigenvalue weighted by Crippen LogP contribution is -2.40. The molecule has 1 aliphatic rings. The highest BCUT2D eigenvalue weighted by atomic mass is 35.5. The lowest BCUT2D eigenvalue weighted by atomic mass is 9.89. The van der Waals surface area contributed by atoms with Gasteiger partial charge in [-0.1, -0.05) is 12.1 Å². The highest BCUT2D eigenvalue weighted by Crippen LogP contribution is 2.24. The summed E-state index contributed by atoms with van der Waals surface area (Å²) in [6.07, 6.45) is 0.847. The molecule has 1 unspecified atom stereocenters. The summed E-state index contributed by atoms with van der Waals surface area (Å²) in [4.78, 5) is 23.2. The van der Waals surface area contributed by atoms with Crippen LogP contribution < -0.4 is 16.4 Å². The number of halogens is 1. The van der Waals surface area contributed by atoms with Crippen molar-refractivity contribution in [3.8, 4) is 0 Å². The van der Waals surface area contributed by atoms with Crippen molar-refractivity contribution >= 4 is 24.2 Å². The normalized spacial score (nSPS) is 21.1. The first-order chi connectivity index (χ1) is 9.01. The average molecular weight is 298 g/mol. The molecule has 1 fully saturated rings. The Morgan fingerprint density at radius 1 is 1.45 bits per heavy atom. The minimum absolute atomic E-state index is 0. The second kappa shape index (κ2) is 6.72. The molecule has 0 bridgehead atoms. The Bertz CT molecular complexity index is 499. The Morgan fingerprint density at radius 2 is 2.20 bits per heavy atom. The molecule has 5 nitrogen and oxygen atoms in total. The Kier molecular flexibility index (Phi) is 5.53. The smallest absolute Gasteiger partial charge is 0.248 e. The van der Waals surface area contributed by atoms with Gasteiger partial charge in [-0.05, 0) is 37.6 Å². The minimum Gasteiger partial charge on any atom is -0.366 e. The topological polar surface area (TPSA) is 84.2 Å². The fraction of sp³-hybridized carbons (Fsp3) is 0.429. The summed E-state index contributed by atoms with van der Waals surface area (Å²) in [5.41, 5.74) is 6.23. The van der Waals surface area contributed by atoms with Crippen LogP contribution >= 0.6 is 12.4 Å². The third kappa shape index (κ3) is 3.71. The summed E-state index contributed by atoms with van der Waals surface area (Å²) in [5.74, 6) is -0.415. The summed E-state index contributed by atoms with van der Waals surface area (Å²) in [6, 6.07) is 7.00. The average Bonchev–Trinajstić information content (AvgIpc) is 2.84. The van der Waals surface area contributed by atoms with Crippen molar-refractivity contribution in [2.45, 2.75) is 19.9 Å². The summed E-state index contributed by atoms with van der Waals surface area (Å²) < 4.78 is 0. The summed E-state index contributed by atoms with van der Waals surface area (Å²) in [5, 5.41) is 6.11. The van der Waals surface area contributed by atoms with Crippen molar-refractivity contribution in [2.24, 2.45) is 11.1 Å². The van der Waals surface area contributed by atoms with Gasteiger partial charge in [0.2, 0.25) is 11.8 Å². The van der Waals surface area contributed by atoms with Gasteiger partial charge in [-0.25, -0.2) is 0 Å². The van der Waals surface area contributed by atoms with Crippen LogP contribution in [0.15, 0.2) is 24.3 Å². The SMILES string of the molecule is CC1(C(=O)NCc2cccc(C(N)=O)c2)CCNC1.Cl. The predicted molar refractivity (Wildman–Crippen MR) is 79.6 cm³/mol. The maximum Gasteiger partial charge on any atom is 0.248 e. The van der Waals surface area contributed by atoms with E-state index >= 15 is 0 Å². The molecule has 2 rings (SSSR count). The molecule has 1 aromatic carbocycles. The quantitative estimate of drug-likeness (QED) is 0.769. The van der Waals surface area contributed by atoms with Gasteiger partial charge >= 0.3 is 0 Å². The number of rotatable bonds is 4. The van der Waals surface area contributed by atoms with Crippen LogP contribution in [0, 0.1) is 5.41 Å². The molecule has 0 spiro atoms. The molecule has 0 saturated carbocycles. The molecule has 20 heavy (non-hydrogen) atoms. The Hall–Kier alpha value is -1.59. The van der Waals surface area contributed by atoms with E-state index in [-0.39, 0.29) is 23.7 Å². The largest absolute Gasteiger partial charge is 0.366 e.